The lowest BCUT2D eigenvalue weighted by atomic mass is 9.82. The Morgan fingerprint density at radius 2 is 1.10 bits per heavy atom. The Kier molecular flexibility index (Phi) is 5.23. The van der Waals surface area contributed by atoms with Crippen LogP contribution in [0.4, 0.5) is 30.7 Å². The van der Waals surface area contributed by atoms with Crippen molar-refractivity contribution < 1.29 is 40.6 Å². The number of carbonyl (C=O) groups is 1. The summed E-state index contributed by atoms with van der Waals surface area (Å²) >= 11 is 0. The molecule has 0 bridgehead atoms. The number of ketones is 1. The lowest BCUT2D eigenvalue weighted by Gasteiger charge is -2.33. The number of Topliss-reactive ketones (excluding diaryl/α,β-unsaturated/α-hetero) is 1. The quantitative estimate of drug-likeness (QED) is 0.679. The van der Waals surface area contributed by atoms with Crippen LogP contribution in [0.25, 0.3) is 0 Å². The molecule has 156 valence electrons. The molecule has 0 radical (unpaired) electrons. The summed E-state index contributed by atoms with van der Waals surface area (Å²) in [6.07, 6.45) is -11.7. The molecule has 2 unspecified atom stereocenters. The van der Waals surface area contributed by atoms with Crippen molar-refractivity contribution in [3.8, 4) is 0 Å². The molecule has 0 aliphatic heterocycles. The summed E-state index contributed by atoms with van der Waals surface area (Å²) in [6.45, 7) is 0. The summed E-state index contributed by atoms with van der Waals surface area (Å²) in [5, 5.41) is 9.47. The number of hydrogen-bond donors (Lipinski definition) is 1. The summed E-state index contributed by atoms with van der Waals surface area (Å²) in [5.74, 6) is -1.45. The van der Waals surface area contributed by atoms with Crippen LogP contribution in [0.3, 0.4) is 0 Å². The number of rotatable bonds is 3. The van der Waals surface area contributed by atoms with Crippen LogP contribution in [0.1, 0.15) is 41.4 Å². The van der Waals surface area contributed by atoms with E-state index in [4.69, 9.17) is 0 Å². The predicted octanol–water partition coefficient (Wildman–Crippen LogP) is 5.37. The van der Waals surface area contributed by atoms with Gasteiger partial charge in [0, 0.05) is 18.4 Å². The number of benzene rings is 2. The molecular formula is C20H15F7O2. The van der Waals surface area contributed by atoms with Crippen LogP contribution in [0.5, 0.6) is 0 Å². The zero-order valence-electron chi connectivity index (χ0n) is 14.7. The van der Waals surface area contributed by atoms with Crippen molar-refractivity contribution in [3.05, 3.63) is 71.0 Å². The Morgan fingerprint density at radius 3 is 1.48 bits per heavy atom. The lowest BCUT2D eigenvalue weighted by molar-refractivity contribution is -0.376. The molecule has 1 aliphatic carbocycles. The molecule has 2 nitrogen and oxygen atoms in total. The van der Waals surface area contributed by atoms with Gasteiger partial charge in [-0.1, -0.05) is 36.4 Å². The van der Waals surface area contributed by atoms with Crippen LogP contribution in [-0.4, -0.2) is 23.2 Å². The molecule has 2 aromatic carbocycles. The SMILES string of the molecule is O=C1CC(c2ccc(F)cc2)C(c2ccc(C(O)(C(F)(F)F)C(F)(F)F)cc2)C1. The molecule has 29 heavy (non-hydrogen) atoms. The molecule has 2 aromatic rings. The van der Waals surface area contributed by atoms with E-state index in [0.29, 0.717) is 23.3 Å². The smallest absolute Gasteiger partial charge is 0.369 e. The van der Waals surface area contributed by atoms with Gasteiger partial charge < -0.3 is 5.11 Å². The fourth-order valence-corrected chi connectivity index (χ4v) is 3.73. The molecule has 3 rings (SSSR count). The standard InChI is InChI=1S/C20H15F7O2/c21-14-7-3-12(4-8-14)17-10-15(28)9-16(17)11-1-5-13(6-2-11)18(29,19(22,23)24)20(25,26)27/h1-8,16-17,29H,9-10H2. The molecule has 1 N–H and O–H groups in total. The summed E-state index contributed by atoms with van der Waals surface area (Å²) in [7, 11) is 0. The summed E-state index contributed by atoms with van der Waals surface area (Å²) in [5.41, 5.74) is -5.35. The van der Waals surface area contributed by atoms with Gasteiger partial charge in [-0.05, 0) is 35.1 Å². The first kappa shape index (κ1) is 21.3. The number of halogens is 7. The van der Waals surface area contributed by atoms with Crippen LogP contribution < -0.4 is 0 Å². The minimum Gasteiger partial charge on any atom is -0.369 e. The van der Waals surface area contributed by atoms with Gasteiger partial charge in [-0.3, -0.25) is 4.79 Å². The van der Waals surface area contributed by atoms with Crippen molar-refractivity contribution in [1.29, 1.82) is 0 Å². The topological polar surface area (TPSA) is 37.3 Å². The maximum atomic E-state index is 13.1. The summed E-state index contributed by atoms with van der Waals surface area (Å²) in [6, 6.07) is 8.66. The normalized spacial score (nSPS) is 20.9. The number of carbonyl (C=O) groups excluding carboxylic acids is 1. The van der Waals surface area contributed by atoms with Crippen molar-refractivity contribution >= 4 is 5.78 Å². The molecule has 2 atom stereocenters. The maximum absolute atomic E-state index is 13.1. The van der Waals surface area contributed by atoms with Gasteiger partial charge in [0.05, 0.1) is 0 Å². The Morgan fingerprint density at radius 1 is 0.724 bits per heavy atom. The fraction of sp³-hybridized carbons (Fsp3) is 0.350. The molecule has 0 heterocycles. The molecule has 1 fully saturated rings. The number of hydrogen-bond acceptors (Lipinski definition) is 2. The van der Waals surface area contributed by atoms with E-state index in [2.05, 4.69) is 0 Å². The van der Waals surface area contributed by atoms with Crippen LogP contribution in [0.15, 0.2) is 48.5 Å². The second kappa shape index (κ2) is 7.12. The second-order valence-corrected chi connectivity index (χ2v) is 7.04. The highest BCUT2D eigenvalue weighted by Crippen LogP contribution is 2.51. The fourth-order valence-electron chi connectivity index (χ4n) is 3.73. The van der Waals surface area contributed by atoms with Crippen molar-refractivity contribution in [2.75, 3.05) is 0 Å². The average molecular weight is 420 g/mol. The Balaban J connectivity index is 1.96. The second-order valence-electron chi connectivity index (χ2n) is 7.04. The van der Waals surface area contributed by atoms with Gasteiger partial charge in [-0.15, -0.1) is 0 Å². The van der Waals surface area contributed by atoms with E-state index >= 15 is 0 Å². The van der Waals surface area contributed by atoms with Crippen molar-refractivity contribution in [2.24, 2.45) is 0 Å². The third-order valence-electron chi connectivity index (χ3n) is 5.26. The zero-order chi connectivity index (χ0) is 21.6. The third-order valence-corrected chi connectivity index (χ3v) is 5.26. The molecular weight excluding hydrogens is 405 g/mol. The van der Waals surface area contributed by atoms with E-state index in [-0.39, 0.29) is 24.5 Å². The van der Waals surface area contributed by atoms with Crippen LogP contribution >= 0.6 is 0 Å². The highest BCUT2D eigenvalue weighted by atomic mass is 19.4. The van der Waals surface area contributed by atoms with E-state index in [1.165, 1.54) is 24.3 Å². The first-order chi connectivity index (χ1) is 13.3. The van der Waals surface area contributed by atoms with Gasteiger partial charge in [0.15, 0.2) is 0 Å². The van der Waals surface area contributed by atoms with Gasteiger partial charge in [-0.25, -0.2) is 4.39 Å². The molecule has 0 amide bonds. The van der Waals surface area contributed by atoms with Crippen LogP contribution in [0.2, 0.25) is 0 Å². The van der Waals surface area contributed by atoms with E-state index < -0.39 is 35.3 Å². The zero-order valence-corrected chi connectivity index (χ0v) is 14.7. The van der Waals surface area contributed by atoms with Crippen molar-refractivity contribution in [3.63, 3.8) is 0 Å². The average Bonchev–Trinajstić information content (AvgIpc) is 3.01. The van der Waals surface area contributed by atoms with Gasteiger partial charge in [0.2, 0.25) is 0 Å². The van der Waals surface area contributed by atoms with E-state index in [1.807, 2.05) is 0 Å². The number of aliphatic hydroxyl groups is 1. The lowest BCUT2D eigenvalue weighted by Crippen LogP contribution is -2.53. The molecule has 9 heteroatoms. The van der Waals surface area contributed by atoms with Crippen molar-refractivity contribution in [1.82, 2.24) is 0 Å². The van der Waals surface area contributed by atoms with E-state index in [0.717, 1.165) is 12.1 Å². The minimum atomic E-state index is -5.97. The highest BCUT2D eigenvalue weighted by Gasteiger charge is 2.71. The Bertz CT molecular complexity index is 869. The molecule has 0 spiro atoms. The van der Waals surface area contributed by atoms with E-state index in [1.54, 1.807) is 0 Å². The molecule has 1 saturated carbocycles. The van der Waals surface area contributed by atoms with Gasteiger partial charge in [0.1, 0.15) is 11.6 Å². The van der Waals surface area contributed by atoms with Gasteiger partial charge in [-0.2, -0.15) is 26.3 Å². The first-order valence-corrected chi connectivity index (χ1v) is 8.58. The van der Waals surface area contributed by atoms with Crippen LogP contribution in [0, 0.1) is 5.82 Å². The molecule has 1 aliphatic rings. The largest absolute Gasteiger partial charge is 0.430 e. The first-order valence-electron chi connectivity index (χ1n) is 8.58. The minimum absolute atomic E-state index is 0.0597. The molecule has 0 saturated heterocycles. The predicted molar refractivity (Wildman–Crippen MR) is 88.6 cm³/mol. The molecule has 0 aromatic heterocycles. The number of alkyl halides is 6. The Labute approximate surface area is 161 Å². The van der Waals surface area contributed by atoms with Crippen LogP contribution in [-0.2, 0) is 10.4 Å². The monoisotopic (exact) mass is 420 g/mol. The maximum Gasteiger partial charge on any atom is 0.430 e. The summed E-state index contributed by atoms with van der Waals surface area (Å²) in [4.78, 5) is 12.0. The highest BCUT2D eigenvalue weighted by molar-refractivity contribution is 5.83. The third kappa shape index (κ3) is 3.75. The Hall–Kier alpha value is -2.42. The summed E-state index contributed by atoms with van der Waals surface area (Å²) < 4.78 is 91.2. The van der Waals surface area contributed by atoms with Crippen molar-refractivity contribution in [2.45, 2.75) is 42.6 Å². The van der Waals surface area contributed by atoms with Gasteiger partial charge >= 0.3 is 12.4 Å². The van der Waals surface area contributed by atoms with E-state index in [9.17, 15) is 40.6 Å². The van der Waals surface area contributed by atoms with Gasteiger partial charge in [0.25, 0.3) is 5.60 Å².